The van der Waals surface area contributed by atoms with Crippen LogP contribution in [0.2, 0.25) is 0 Å². The number of benzene rings is 1. The van der Waals surface area contributed by atoms with E-state index < -0.39 is 5.54 Å². The molecule has 180 valence electrons. The Kier molecular flexibility index (Phi) is 8.00. The Bertz CT molecular complexity index is 972. The number of hydrogen-bond acceptors (Lipinski definition) is 4. The van der Waals surface area contributed by atoms with Gasteiger partial charge in [0.15, 0.2) is 0 Å². The molecule has 1 aromatic heterocycles. The fourth-order valence-electron chi connectivity index (χ4n) is 3.88. The number of nitrogens with one attached hydrogen (secondary N) is 1. The molecule has 33 heavy (non-hydrogen) atoms. The standard InChI is InChI=1S/C25H34FN3O3S/c1-6-17(2)29(24(31)27-25(3,4)5)15-23(30)28-12-10-22-20(11-13-33-22)21(28)16-32-19-9-7-8-18(26)14-19/h7-9,11,13-14,17,21H,6,10,12,15-16H2,1-5H3,(H,27,31)/t17-,21-/m0/s1. The summed E-state index contributed by atoms with van der Waals surface area (Å²) in [5.41, 5.74) is 0.661. The smallest absolute Gasteiger partial charge is 0.318 e. The molecule has 0 bridgehead atoms. The van der Waals surface area contributed by atoms with Crippen molar-refractivity contribution < 1.29 is 18.7 Å². The lowest BCUT2D eigenvalue weighted by Gasteiger charge is -2.38. The average molecular weight is 476 g/mol. The maximum absolute atomic E-state index is 13.6. The van der Waals surface area contributed by atoms with Gasteiger partial charge in [-0.1, -0.05) is 13.0 Å². The van der Waals surface area contributed by atoms with Crippen LogP contribution >= 0.6 is 11.3 Å². The van der Waals surface area contributed by atoms with Gasteiger partial charge in [0.05, 0.1) is 6.04 Å². The molecule has 0 saturated heterocycles. The summed E-state index contributed by atoms with van der Waals surface area (Å²) in [4.78, 5) is 31.1. The van der Waals surface area contributed by atoms with Crippen molar-refractivity contribution in [2.75, 3.05) is 19.7 Å². The third-order valence-corrected chi connectivity index (χ3v) is 6.79. The first-order chi connectivity index (χ1) is 15.6. The lowest BCUT2D eigenvalue weighted by Crippen LogP contribution is -2.55. The van der Waals surface area contributed by atoms with E-state index in [2.05, 4.69) is 5.32 Å². The van der Waals surface area contributed by atoms with E-state index in [4.69, 9.17) is 4.74 Å². The summed E-state index contributed by atoms with van der Waals surface area (Å²) < 4.78 is 19.5. The fourth-order valence-corrected chi connectivity index (χ4v) is 4.81. The van der Waals surface area contributed by atoms with Gasteiger partial charge in [-0.05, 0) is 69.7 Å². The highest BCUT2D eigenvalue weighted by Crippen LogP contribution is 2.34. The Morgan fingerprint density at radius 1 is 1.33 bits per heavy atom. The summed E-state index contributed by atoms with van der Waals surface area (Å²) >= 11 is 1.67. The third-order valence-electron chi connectivity index (χ3n) is 5.79. The molecule has 0 spiro atoms. The lowest BCUT2D eigenvalue weighted by atomic mass is 10.00. The van der Waals surface area contributed by atoms with E-state index in [0.29, 0.717) is 12.3 Å². The normalized spacial score (nSPS) is 16.7. The quantitative estimate of drug-likeness (QED) is 0.613. The minimum atomic E-state index is -0.399. The Hall–Kier alpha value is -2.61. The second-order valence-electron chi connectivity index (χ2n) is 9.49. The molecule has 1 aliphatic heterocycles. The molecule has 1 N–H and O–H groups in total. The molecule has 2 heterocycles. The maximum Gasteiger partial charge on any atom is 0.318 e. The van der Waals surface area contributed by atoms with Crippen molar-refractivity contribution in [1.29, 1.82) is 0 Å². The Morgan fingerprint density at radius 3 is 2.76 bits per heavy atom. The monoisotopic (exact) mass is 475 g/mol. The van der Waals surface area contributed by atoms with E-state index in [-0.39, 0.29) is 43.0 Å². The van der Waals surface area contributed by atoms with Crippen LogP contribution in [-0.4, -0.2) is 53.0 Å². The van der Waals surface area contributed by atoms with Crippen LogP contribution in [0.15, 0.2) is 35.7 Å². The molecule has 0 radical (unpaired) electrons. The van der Waals surface area contributed by atoms with Gasteiger partial charge in [0.2, 0.25) is 5.91 Å². The number of carbonyl (C=O) groups is 2. The molecule has 1 aliphatic rings. The molecule has 0 saturated carbocycles. The molecule has 2 aromatic rings. The summed E-state index contributed by atoms with van der Waals surface area (Å²) in [5.74, 6) is -0.0612. The second-order valence-corrected chi connectivity index (χ2v) is 10.5. The van der Waals surface area contributed by atoms with Crippen LogP contribution in [0.4, 0.5) is 9.18 Å². The number of rotatable bonds is 7. The fraction of sp³-hybridized carbons (Fsp3) is 0.520. The summed E-state index contributed by atoms with van der Waals surface area (Å²) in [6.07, 6.45) is 1.51. The van der Waals surface area contributed by atoms with Crippen molar-refractivity contribution in [2.45, 2.75) is 65.1 Å². The van der Waals surface area contributed by atoms with Crippen LogP contribution in [0, 0.1) is 5.82 Å². The summed E-state index contributed by atoms with van der Waals surface area (Å²) in [5, 5.41) is 5.00. The molecule has 0 fully saturated rings. The van der Waals surface area contributed by atoms with E-state index >= 15 is 0 Å². The summed E-state index contributed by atoms with van der Waals surface area (Å²) in [7, 11) is 0. The highest BCUT2D eigenvalue weighted by Gasteiger charge is 2.34. The maximum atomic E-state index is 13.6. The number of nitrogens with zero attached hydrogens (tertiary/aromatic N) is 2. The first-order valence-electron chi connectivity index (χ1n) is 11.4. The second kappa shape index (κ2) is 10.5. The highest BCUT2D eigenvalue weighted by molar-refractivity contribution is 7.10. The van der Waals surface area contributed by atoms with Gasteiger partial charge in [-0.25, -0.2) is 9.18 Å². The van der Waals surface area contributed by atoms with E-state index in [9.17, 15) is 14.0 Å². The third kappa shape index (κ3) is 6.47. The Balaban J connectivity index is 1.79. The van der Waals surface area contributed by atoms with Crippen LogP contribution < -0.4 is 10.1 Å². The molecular weight excluding hydrogens is 441 g/mol. The molecule has 2 atom stereocenters. The van der Waals surface area contributed by atoms with Gasteiger partial charge >= 0.3 is 6.03 Å². The molecule has 1 aromatic carbocycles. The number of hydrogen-bond donors (Lipinski definition) is 1. The van der Waals surface area contributed by atoms with Gasteiger partial charge in [0, 0.05) is 29.1 Å². The molecule has 0 aliphatic carbocycles. The number of carbonyl (C=O) groups excluding carboxylic acids is 2. The Labute approximate surface area is 199 Å². The van der Waals surface area contributed by atoms with E-state index in [0.717, 1.165) is 18.4 Å². The van der Waals surface area contributed by atoms with Gasteiger partial charge in [0.25, 0.3) is 0 Å². The van der Waals surface area contributed by atoms with Gasteiger partial charge in [0.1, 0.15) is 24.7 Å². The minimum absolute atomic E-state index is 0.00709. The van der Waals surface area contributed by atoms with E-state index in [1.54, 1.807) is 33.3 Å². The van der Waals surface area contributed by atoms with Crippen LogP contribution in [0.1, 0.15) is 57.5 Å². The zero-order chi connectivity index (χ0) is 24.2. The number of fused-ring (bicyclic) bond motifs is 1. The van der Waals surface area contributed by atoms with Gasteiger partial charge in [-0.15, -0.1) is 11.3 Å². The molecule has 3 amide bonds. The largest absolute Gasteiger partial charge is 0.491 e. The molecule has 8 heteroatoms. The average Bonchev–Trinajstić information content (AvgIpc) is 3.23. The molecule has 6 nitrogen and oxygen atoms in total. The predicted octanol–water partition coefficient (Wildman–Crippen LogP) is 5.00. The van der Waals surface area contributed by atoms with Gasteiger partial charge in [-0.3, -0.25) is 4.79 Å². The summed E-state index contributed by atoms with van der Waals surface area (Å²) in [6, 6.07) is 7.41. The van der Waals surface area contributed by atoms with Crippen LogP contribution in [0.3, 0.4) is 0 Å². The van der Waals surface area contributed by atoms with Crippen LogP contribution in [-0.2, 0) is 11.2 Å². The molecule has 0 unspecified atom stereocenters. The van der Waals surface area contributed by atoms with Crippen LogP contribution in [0.5, 0.6) is 5.75 Å². The zero-order valence-corrected chi connectivity index (χ0v) is 20.9. The number of urea groups is 1. The van der Waals surface area contributed by atoms with Crippen molar-refractivity contribution >= 4 is 23.3 Å². The molecule has 3 rings (SSSR count). The van der Waals surface area contributed by atoms with Gasteiger partial charge in [-0.2, -0.15) is 0 Å². The van der Waals surface area contributed by atoms with Crippen molar-refractivity contribution in [1.82, 2.24) is 15.1 Å². The SMILES string of the molecule is CC[C@H](C)N(CC(=O)N1CCc2sccc2[C@@H]1COc1cccc(F)c1)C(=O)NC(C)(C)C. The summed E-state index contributed by atoms with van der Waals surface area (Å²) in [6.45, 7) is 10.5. The first-order valence-corrected chi connectivity index (χ1v) is 12.3. The number of thiophene rings is 1. The van der Waals surface area contributed by atoms with E-state index in [1.807, 2.05) is 46.1 Å². The van der Waals surface area contributed by atoms with Crippen molar-refractivity contribution in [3.8, 4) is 5.75 Å². The molecular formula is C25H34FN3O3S. The predicted molar refractivity (Wildman–Crippen MR) is 129 cm³/mol. The number of ether oxygens (including phenoxy) is 1. The van der Waals surface area contributed by atoms with Crippen molar-refractivity contribution in [3.63, 3.8) is 0 Å². The highest BCUT2D eigenvalue weighted by atomic mass is 32.1. The van der Waals surface area contributed by atoms with Crippen LogP contribution in [0.25, 0.3) is 0 Å². The number of amides is 3. The van der Waals surface area contributed by atoms with Gasteiger partial charge < -0.3 is 19.9 Å². The van der Waals surface area contributed by atoms with Crippen molar-refractivity contribution in [2.24, 2.45) is 0 Å². The van der Waals surface area contributed by atoms with Crippen molar-refractivity contribution in [3.05, 3.63) is 52.0 Å². The number of halogens is 1. The lowest BCUT2D eigenvalue weighted by molar-refractivity contribution is -0.136. The topological polar surface area (TPSA) is 61.9 Å². The zero-order valence-electron chi connectivity index (χ0n) is 20.1. The Morgan fingerprint density at radius 2 is 2.09 bits per heavy atom. The van der Waals surface area contributed by atoms with E-state index in [1.165, 1.54) is 17.0 Å². The first kappa shape index (κ1) is 25.0. The minimum Gasteiger partial charge on any atom is -0.491 e.